The predicted molar refractivity (Wildman–Crippen MR) is 76.0 cm³/mol. The fourth-order valence-corrected chi connectivity index (χ4v) is 3.83. The van der Waals surface area contributed by atoms with Crippen LogP contribution in [0.3, 0.4) is 0 Å². The number of rotatable bonds is 5. The molecule has 18 heavy (non-hydrogen) atoms. The molecule has 0 aliphatic heterocycles. The van der Waals surface area contributed by atoms with Crippen LogP contribution in [0.2, 0.25) is 0 Å². The summed E-state index contributed by atoms with van der Waals surface area (Å²) in [6.07, 6.45) is 4.26. The van der Waals surface area contributed by atoms with Gasteiger partial charge in [-0.2, -0.15) is 0 Å². The fraction of sp³-hybridized carbons (Fsp3) is 0.786. The van der Waals surface area contributed by atoms with Crippen molar-refractivity contribution in [3.05, 3.63) is 15.6 Å². The van der Waals surface area contributed by atoms with Crippen LogP contribution >= 0.6 is 11.3 Å². The summed E-state index contributed by atoms with van der Waals surface area (Å²) in [7, 11) is 0. The van der Waals surface area contributed by atoms with Gasteiger partial charge in [0, 0.05) is 10.9 Å². The average Bonchev–Trinajstić information content (AvgIpc) is 2.66. The zero-order chi connectivity index (χ0) is 13.1. The van der Waals surface area contributed by atoms with Gasteiger partial charge < -0.3 is 10.4 Å². The van der Waals surface area contributed by atoms with E-state index in [1.165, 1.54) is 28.4 Å². The molecule has 0 fully saturated rings. The highest BCUT2D eigenvalue weighted by Crippen LogP contribution is 2.34. The van der Waals surface area contributed by atoms with E-state index in [4.69, 9.17) is 0 Å². The van der Waals surface area contributed by atoms with E-state index < -0.39 is 0 Å². The van der Waals surface area contributed by atoms with Gasteiger partial charge in [-0.15, -0.1) is 11.3 Å². The Morgan fingerprint density at radius 2 is 2.28 bits per heavy atom. The van der Waals surface area contributed by atoms with Gasteiger partial charge in [0.15, 0.2) is 0 Å². The van der Waals surface area contributed by atoms with Crippen LogP contribution in [-0.2, 0) is 6.42 Å². The Balaban J connectivity index is 1.91. The smallest absolute Gasteiger partial charge is 0.0900 e. The second-order valence-corrected chi connectivity index (χ2v) is 6.82. The number of hydrogen-bond acceptors (Lipinski definition) is 4. The Kier molecular flexibility index (Phi) is 4.76. The van der Waals surface area contributed by atoms with Crippen molar-refractivity contribution in [2.75, 3.05) is 6.54 Å². The van der Waals surface area contributed by atoms with Crippen molar-refractivity contribution in [3.63, 3.8) is 0 Å². The molecule has 3 nitrogen and oxygen atoms in total. The summed E-state index contributed by atoms with van der Waals surface area (Å²) in [5.74, 6) is 0.518. The molecule has 0 amide bonds. The van der Waals surface area contributed by atoms with Crippen LogP contribution in [-0.4, -0.2) is 22.7 Å². The molecule has 1 aliphatic carbocycles. The number of fused-ring (bicyclic) bond motifs is 1. The van der Waals surface area contributed by atoms with E-state index in [1.54, 1.807) is 0 Å². The fourth-order valence-electron chi connectivity index (χ4n) is 2.75. The molecule has 1 aromatic heterocycles. The van der Waals surface area contributed by atoms with Gasteiger partial charge in [0.05, 0.1) is 16.8 Å². The number of thiazole rings is 1. The molecule has 2 rings (SSSR count). The van der Waals surface area contributed by atoms with E-state index in [0.717, 1.165) is 19.4 Å². The number of hydrogen-bond donors (Lipinski definition) is 2. The molecule has 3 atom stereocenters. The first-order valence-corrected chi connectivity index (χ1v) is 7.75. The molecule has 1 aromatic rings. The highest BCUT2D eigenvalue weighted by atomic mass is 32.1. The van der Waals surface area contributed by atoms with E-state index in [0.29, 0.717) is 12.0 Å². The molecular formula is C14H24N2OS. The molecule has 4 heteroatoms. The van der Waals surface area contributed by atoms with E-state index in [9.17, 15) is 5.11 Å². The first kappa shape index (κ1) is 14.0. The molecule has 0 saturated heterocycles. The Morgan fingerprint density at radius 3 is 3.00 bits per heavy atom. The van der Waals surface area contributed by atoms with Crippen molar-refractivity contribution in [2.45, 2.75) is 58.6 Å². The quantitative estimate of drug-likeness (QED) is 0.863. The molecule has 2 N–H and O–H groups in total. The number of aryl methyl sites for hydroxylation is 2. The number of nitrogens with one attached hydrogen (secondary N) is 1. The molecule has 1 heterocycles. The second-order valence-electron chi connectivity index (χ2n) is 5.59. The van der Waals surface area contributed by atoms with E-state index >= 15 is 0 Å². The third-order valence-electron chi connectivity index (χ3n) is 3.51. The van der Waals surface area contributed by atoms with Gasteiger partial charge in [-0.1, -0.05) is 6.92 Å². The maximum atomic E-state index is 9.39. The topological polar surface area (TPSA) is 45.2 Å². The van der Waals surface area contributed by atoms with Crippen LogP contribution in [0.4, 0.5) is 0 Å². The molecule has 0 aromatic carbocycles. The maximum Gasteiger partial charge on any atom is 0.0900 e. The Hall–Kier alpha value is -0.450. The number of aliphatic hydroxyl groups excluding tert-OH is 1. The largest absolute Gasteiger partial charge is 0.393 e. The predicted octanol–water partition coefficient (Wildman–Crippen LogP) is 2.83. The van der Waals surface area contributed by atoms with Gasteiger partial charge in [0.2, 0.25) is 0 Å². The van der Waals surface area contributed by atoms with E-state index in [2.05, 4.69) is 24.1 Å². The summed E-state index contributed by atoms with van der Waals surface area (Å²) in [5, 5.41) is 14.2. The number of aromatic nitrogens is 1. The minimum absolute atomic E-state index is 0.200. The van der Waals surface area contributed by atoms with Gasteiger partial charge in [-0.3, -0.25) is 0 Å². The summed E-state index contributed by atoms with van der Waals surface area (Å²) in [6.45, 7) is 7.13. The van der Waals surface area contributed by atoms with Crippen LogP contribution in [0, 0.1) is 12.8 Å². The van der Waals surface area contributed by atoms with E-state index in [1.807, 2.05) is 18.3 Å². The molecule has 102 valence electrons. The number of nitrogens with zero attached hydrogens (tertiary/aromatic N) is 1. The molecule has 3 unspecified atom stereocenters. The van der Waals surface area contributed by atoms with Crippen molar-refractivity contribution in [1.29, 1.82) is 0 Å². The summed E-state index contributed by atoms with van der Waals surface area (Å²) < 4.78 is 0. The van der Waals surface area contributed by atoms with Crippen LogP contribution in [0.15, 0.2) is 0 Å². The lowest BCUT2D eigenvalue weighted by Crippen LogP contribution is -2.29. The first-order chi connectivity index (χ1) is 8.56. The van der Waals surface area contributed by atoms with Crippen molar-refractivity contribution in [3.8, 4) is 0 Å². The van der Waals surface area contributed by atoms with E-state index in [-0.39, 0.29) is 6.10 Å². The highest BCUT2D eigenvalue weighted by Gasteiger charge is 2.23. The molecule has 0 bridgehead atoms. The standard InChI is InChI=1S/C14H24N2OS/c1-9(7-10(2)17)8-15-12-5-4-6-13-14(12)18-11(3)16-13/h9-10,12,15,17H,4-8H2,1-3H3. The van der Waals surface area contributed by atoms with Crippen LogP contribution in [0.5, 0.6) is 0 Å². The number of aliphatic hydroxyl groups is 1. The molecule has 0 radical (unpaired) electrons. The van der Waals surface area contributed by atoms with Crippen LogP contribution in [0.25, 0.3) is 0 Å². The SMILES string of the molecule is Cc1nc2c(s1)C(NCC(C)CC(C)O)CCC2. The Labute approximate surface area is 114 Å². The lowest BCUT2D eigenvalue weighted by atomic mass is 9.97. The van der Waals surface area contributed by atoms with Gasteiger partial charge in [0.1, 0.15) is 0 Å². The molecule has 0 saturated carbocycles. The Morgan fingerprint density at radius 1 is 1.50 bits per heavy atom. The zero-order valence-electron chi connectivity index (χ0n) is 11.6. The molecule has 1 aliphatic rings. The minimum atomic E-state index is -0.200. The van der Waals surface area contributed by atoms with Gasteiger partial charge in [0.25, 0.3) is 0 Å². The highest BCUT2D eigenvalue weighted by molar-refractivity contribution is 7.11. The van der Waals surface area contributed by atoms with Crippen molar-refractivity contribution >= 4 is 11.3 Å². The lowest BCUT2D eigenvalue weighted by Gasteiger charge is -2.24. The van der Waals surface area contributed by atoms with Crippen molar-refractivity contribution in [1.82, 2.24) is 10.3 Å². The summed E-state index contributed by atoms with van der Waals surface area (Å²) in [4.78, 5) is 6.06. The lowest BCUT2D eigenvalue weighted by molar-refractivity contribution is 0.162. The maximum absolute atomic E-state index is 9.39. The average molecular weight is 268 g/mol. The van der Waals surface area contributed by atoms with Crippen LogP contribution < -0.4 is 5.32 Å². The zero-order valence-corrected chi connectivity index (χ0v) is 12.4. The normalized spacial score (nSPS) is 22.6. The monoisotopic (exact) mass is 268 g/mol. The summed E-state index contributed by atoms with van der Waals surface area (Å²) >= 11 is 1.84. The minimum Gasteiger partial charge on any atom is -0.393 e. The third kappa shape index (κ3) is 3.53. The second kappa shape index (κ2) is 6.13. The summed E-state index contributed by atoms with van der Waals surface area (Å²) in [5.41, 5.74) is 1.31. The Bertz CT molecular complexity index is 389. The third-order valence-corrected chi connectivity index (χ3v) is 4.64. The van der Waals surface area contributed by atoms with Crippen molar-refractivity contribution in [2.24, 2.45) is 5.92 Å². The first-order valence-electron chi connectivity index (χ1n) is 6.94. The van der Waals surface area contributed by atoms with Gasteiger partial charge in [-0.25, -0.2) is 4.98 Å². The van der Waals surface area contributed by atoms with Crippen LogP contribution in [0.1, 0.15) is 54.7 Å². The molecule has 0 spiro atoms. The van der Waals surface area contributed by atoms with Gasteiger partial charge in [-0.05, 0) is 52.0 Å². The summed E-state index contributed by atoms with van der Waals surface area (Å²) in [6, 6.07) is 0.483. The van der Waals surface area contributed by atoms with Gasteiger partial charge >= 0.3 is 0 Å². The molecular weight excluding hydrogens is 244 g/mol. The van der Waals surface area contributed by atoms with Crippen molar-refractivity contribution < 1.29 is 5.11 Å².